The summed E-state index contributed by atoms with van der Waals surface area (Å²) in [6, 6.07) is 9.37. The van der Waals surface area contributed by atoms with Crippen LogP contribution in [0.5, 0.6) is 0 Å². The Morgan fingerprint density at radius 2 is 2.11 bits per heavy atom. The Morgan fingerprint density at radius 3 is 2.79 bits per heavy atom. The minimum atomic E-state index is -0.903. The number of halogens is 1. The number of aliphatic hydroxyl groups is 1. The monoisotopic (exact) mass is 263 g/mol. The number of rotatable bonds is 5. The topological polar surface area (TPSA) is 62.5 Å². The van der Waals surface area contributed by atoms with Crippen LogP contribution in [-0.2, 0) is 11.2 Å². The highest BCUT2D eigenvalue weighted by molar-refractivity contribution is 5.78. The fraction of sp³-hybridized carbons (Fsp3) is 0.214. The van der Waals surface area contributed by atoms with Gasteiger partial charge in [0.05, 0.1) is 19.2 Å². The Hall–Kier alpha value is -2.14. The second-order valence-corrected chi connectivity index (χ2v) is 4.10. The van der Waals surface area contributed by atoms with E-state index in [1.807, 2.05) is 0 Å². The normalized spacial score (nSPS) is 12.1. The SMILES string of the molecule is O=C(Cc1ccccc1F)NCC(O)c1ccco1. The molecule has 1 aromatic carbocycles. The van der Waals surface area contributed by atoms with Crippen molar-refractivity contribution in [2.45, 2.75) is 12.5 Å². The van der Waals surface area contributed by atoms with Crippen molar-refractivity contribution >= 4 is 5.91 Å². The quantitative estimate of drug-likeness (QED) is 0.864. The molecular formula is C14H14FNO3. The molecule has 2 N–H and O–H groups in total. The van der Waals surface area contributed by atoms with E-state index in [1.54, 1.807) is 30.3 Å². The van der Waals surface area contributed by atoms with E-state index in [-0.39, 0.29) is 18.9 Å². The minimum Gasteiger partial charge on any atom is -0.467 e. The smallest absolute Gasteiger partial charge is 0.224 e. The number of nitrogens with one attached hydrogen (secondary N) is 1. The third kappa shape index (κ3) is 3.66. The molecule has 19 heavy (non-hydrogen) atoms. The number of hydrogen-bond acceptors (Lipinski definition) is 3. The molecule has 0 saturated heterocycles. The van der Waals surface area contributed by atoms with Crippen LogP contribution in [0.2, 0.25) is 0 Å². The van der Waals surface area contributed by atoms with E-state index < -0.39 is 11.9 Å². The number of carbonyl (C=O) groups excluding carboxylic acids is 1. The van der Waals surface area contributed by atoms with Gasteiger partial charge in [-0.1, -0.05) is 18.2 Å². The van der Waals surface area contributed by atoms with Crippen LogP contribution in [0, 0.1) is 5.82 Å². The highest BCUT2D eigenvalue weighted by Crippen LogP contribution is 2.12. The number of carbonyl (C=O) groups is 1. The molecule has 0 fully saturated rings. The fourth-order valence-electron chi connectivity index (χ4n) is 1.67. The van der Waals surface area contributed by atoms with Crippen LogP contribution in [-0.4, -0.2) is 17.6 Å². The number of hydrogen-bond donors (Lipinski definition) is 2. The third-order valence-electron chi connectivity index (χ3n) is 2.67. The molecule has 0 aliphatic carbocycles. The van der Waals surface area contributed by atoms with Gasteiger partial charge in [-0.2, -0.15) is 0 Å². The summed E-state index contributed by atoms with van der Waals surface area (Å²) in [5.74, 6) is -0.383. The average molecular weight is 263 g/mol. The molecule has 0 bridgehead atoms. The zero-order chi connectivity index (χ0) is 13.7. The van der Waals surface area contributed by atoms with Crippen LogP contribution in [0.3, 0.4) is 0 Å². The van der Waals surface area contributed by atoms with E-state index in [0.29, 0.717) is 11.3 Å². The first-order valence-electron chi connectivity index (χ1n) is 5.88. The molecule has 1 aromatic heterocycles. The molecule has 4 nitrogen and oxygen atoms in total. The lowest BCUT2D eigenvalue weighted by atomic mass is 10.1. The van der Waals surface area contributed by atoms with Crippen LogP contribution in [0.4, 0.5) is 4.39 Å². The second-order valence-electron chi connectivity index (χ2n) is 4.10. The van der Waals surface area contributed by atoms with Crippen LogP contribution in [0.1, 0.15) is 17.4 Å². The van der Waals surface area contributed by atoms with Crippen molar-refractivity contribution in [1.29, 1.82) is 0 Å². The molecule has 0 radical (unpaired) electrons. The van der Waals surface area contributed by atoms with Gasteiger partial charge in [0.1, 0.15) is 17.7 Å². The lowest BCUT2D eigenvalue weighted by Crippen LogP contribution is -2.29. The first kappa shape index (κ1) is 13.3. The van der Waals surface area contributed by atoms with E-state index in [9.17, 15) is 14.3 Å². The van der Waals surface area contributed by atoms with E-state index in [2.05, 4.69) is 5.32 Å². The molecule has 1 amide bonds. The van der Waals surface area contributed by atoms with E-state index >= 15 is 0 Å². The van der Waals surface area contributed by atoms with E-state index in [4.69, 9.17) is 4.42 Å². The van der Waals surface area contributed by atoms with Crippen molar-refractivity contribution in [3.63, 3.8) is 0 Å². The van der Waals surface area contributed by atoms with Gasteiger partial charge in [-0.05, 0) is 23.8 Å². The highest BCUT2D eigenvalue weighted by Gasteiger charge is 2.13. The summed E-state index contributed by atoms with van der Waals surface area (Å²) in [4.78, 5) is 11.6. The summed E-state index contributed by atoms with van der Waals surface area (Å²) in [6.45, 7) is 0.0286. The van der Waals surface area contributed by atoms with E-state index in [0.717, 1.165) is 0 Å². The van der Waals surface area contributed by atoms with Crippen molar-refractivity contribution in [2.75, 3.05) is 6.54 Å². The first-order chi connectivity index (χ1) is 9.16. The maximum absolute atomic E-state index is 13.3. The predicted octanol–water partition coefficient (Wildman–Crippen LogP) is 1.81. The Bertz CT molecular complexity index is 539. The number of aliphatic hydroxyl groups excluding tert-OH is 1. The summed E-state index contributed by atoms with van der Waals surface area (Å²) in [7, 11) is 0. The molecule has 0 aliphatic heterocycles. The molecule has 100 valence electrons. The standard InChI is InChI=1S/C14H14FNO3/c15-11-5-2-1-4-10(11)8-14(18)16-9-12(17)13-6-3-7-19-13/h1-7,12,17H,8-9H2,(H,16,18). The van der Waals surface area contributed by atoms with Gasteiger partial charge in [0.2, 0.25) is 5.91 Å². The Labute approximate surface area is 109 Å². The Balaban J connectivity index is 1.84. The molecule has 0 saturated carbocycles. The predicted molar refractivity (Wildman–Crippen MR) is 66.8 cm³/mol. The lowest BCUT2D eigenvalue weighted by Gasteiger charge is -2.09. The third-order valence-corrected chi connectivity index (χ3v) is 2.67. The summed E-state index contributed by atoms with van der Waals surface area (Å²) in [5, 5.41) is 12.2. The molecule has 2 aromatic rings. The van der Waals surface area contributed by atoms with Gasteiger partial charge in [-0.15, -0.1) is 0 Å². The summed E-state index contributed by atoms with van der Waals surface area (Å²) in [6.07, 6.45) is 0.483. The molecule has 1 heterocycles. The van der Waals surface area contributed by atoms with Gasteiger partial charge < -0.3 is 14.8 Å². The Morgan fingerprint density at radius 1 is 1.32 bits per heavy atom. The van der Waals surface area contributed by atoms with Crippen LogP contribution >= 0.6 is 0 Å². The fourth-order valence-corrected chi connectivity index (χ4v) is 1.67. The molecule has 1 unspecified atom stereocenters. The zero-order valence-corrected chi connectivity index (χ0v) is 10.2. The first-order valence-corrected chi connectivity index (χ1v) is 5.88. The van der Waals surface area contributed by atoms with Gasteiger partial charge in [0, 0.05) is 0 Å². The van der Waals surface area contributed by atoms with Gasteiger partial charge in [-0.25, -0.2) is 4.39 Å². The largest absolute Gasteiger partial charge is 0.467 e. The van der Waals surface area contributed by atoms with Gasteiger partial charge in [0.25, 0.3) is 0 Å². The summed E-state index contributed by atoms with van der Waals surface area (Å²) >= 11 is 0. The van der Waals surface area contributed by atoms with Crippen molar-refractivity contribution in [2.24, 2.45) is 0 Å². The molecule has 5 heteroatoms. The summed E-state index contributed by atoms with van der Waals surface area (Å²) < 4.78 is 18.3. The molecule has 0 aliphatic rings. The summed E-state index contributed by atoms with van der Waals surface area (Å²) in [5.41, 5.74) is 0.326. The molecule has 1 atom stereocenters. The maximum atomic E-state index is 13.3. The second kappa shape index (κ2) is 6.15. The number of benzene rings is 1. The zero-order valence-electron chi connectivity index (χ0n) is 10.2. The van der Waals surface area contributed by atoms with Crippen molar-refractivity contribution in [1.82, 2.24) is 5.32 Å². The Kier molecular flexibility index (Phi) is 4.30. The molecule has 0 spiro atoms. The van der Waals surface area contributed by atoms with Crippen LogP contribution < -0.4 is 5.32 Å². The average Bonchev–Trinajstić information content (AvgIpc) is 2.93. The van der Waals surface area contributed by atoms with Crippen LogP contribution in [0.15, 0.2) is 47.1 Å². The molecular weight excluding hydrogens is 249 g/mol. The van der Waals surface area contributed by atoms with Gasteiger partial charge >= 0.3 is 0 Å². The highest BCUT2D eigenvalue weighted by atomic mass is 19.1. The van der Waals surface area contributed by atoms with Crippen molar-refractivity contribution in [3.8, 4) is 0 Å². The number of furan rings is 1. The lowest BCUT2D eigenvalue weighted by molar-refractivity contribution is -0.121. The minimum absolute atomic E-state index is 0.0286. The molecule has 2 rings (SSSR count). The maximum Gasteiger partial charge on any atom is 0.224 e. The number of amides is 1. The van der Waals surface area contributed by atoms with Gasteiger partial charge in [-0.3, -0.25) is 4.79 Å². The van der Waals surface area contributed by atoms with Crippen LogP contribution in [0.25, 0.3) is 0 Å². The van der Waals surface area contributed by atoms with Crippen molar-refractivity contribution < 1.29 is 18.7 Å². The van der Waals surface area contributed by atoms with Crippen molar-refractivity contribution in [3.05, 3.63) is 59.8 Å². The van der Waals surface area contributed by atoms with E-state index in [1.165, 1.54) is 12.3 Å². The van der Waals surface area contributed by atoms with Gasteiger partial charge in [0.15, 0.2) is 0 Å².